The first-order valence-electron chi connectivity index (χ1n) is 8.88. The second kappa shape index (κ2) is 7.68. The number of hydrogen-bond acceptors (Lipinski definition) is 4. The van der Waals surface area contributed by atoms with Gasteiger partial charge < -0.3 is 18.8 Å². The largest absolute Gasteiger partial charge is 0.493 e. The molecule has 0 N–H and O–H groups in total. The third kappa shape index (κ3) is 3.21. The summed E-state index contributed by atoms with van der Waals surface area (Å²) >= 11 is 0. The molecular formula is C21H26N2O3. The van der Waals surface area contributed by atoms with E-state index in [1.807, 2.05) is 24.3 Å². The Morgan fingerprint density at radius 3 is 2.23 bits per heavy atom. The van der Waals surface area contributed by atoms with Gasteiger partial charge in [0.2, 0.25) is 5.75 Å². The minimum Gasteiger partial charge on any atom is -0.493 e. The SMILES string of the molecule is CCC(C)Cn1c(-c2cc(OC)c(OC)c(OC)c2)nc2ccccc21. The number of fused-ring (bicyclic) bond motifs is 1. The lowest BCUT2D eigenvalue weighted by Crippen LogP contribution is -2.08. The first kappa shape index (κ1) is 18.1. The summed E-state index contributed by atoms with van der Waals surface area (Å²) in [6.07, 6.45) is 1.11. The van der Waals surface area contributed by atoms with Gasteiger partial charge in [-0.05, 0) is 30.2 Å². The standard InChI is InChI=1S/C21H26N2O3/c1-6-14(2)13-23-17-10-8-7-9-16(17)22-21(23)15-11-18(24-3)20(26-5)19(12-15)25-4/h7-12,14H,6,13H2,1-5H3. The summed E-state index contributed by atoms with van der Waals surface area (Å²) in [5, 5.41) is 0. The fourth-order valence-electron chi connectivity index (χ4n) is 3.13. The van der Waals surface area contributed by atoms with Crippen LogP contribution in [0.2, 0.25) is 0 Å². The predicted molar refractivity (Wildman–Crippen MR) is 104 cm³/mol. The minimum atomic E-state index is 0.549. The summed E-state index contributed by atoms with van der Waals surface area (Å²) in [6, 6.07) is 12.1. The van der Waals surface area contributed by atoms with E-state index in [1.54, 1.807) is 21.3 Å². The van der Waals surface area contributed by atoms with Crippen molar-refractivity contribution in [3.05, 3.63) is 36.4 Å². The molecule has 0 spiro atoms. The van der Waals surface area contributed by atoms with Gasteiger partial charge in [-0.2, -0.15) is 0 Å². The lowest BCUT2D eigenvalue weighted by atomic mass is 10.1. The Balaban J connectivity index is 2.23. The van der Waals surface area contributed by atoms with E-state index in [4.69, 9.17) is 19.2 Å². The fraction of sp³-hybridized carbons (Fsp3) is 0.381. The Kier molecular flexibility index (Phi) is 5.35. The van der Waals surface area contributed by atoms with Crippen molar-refractivity contribution < 1.29 is 14.2 Å². The van der Waals surface area contributed by atoms with Crippen LogP contribution in [0, 0.1) is 5.92 Å². The van der Waals surface area contributed by atoms with Crippen molar-refractivity contribution in [1.82, 2.24) is 9.55 Å². The zero-order valence-corrected chi connectivity index (χ0v) is 16.1. The molecule has 5 heteroatoms. The monoisotopic (exact) mass is 354 g/mol. The van der Waals surface area contributed by atoms with Crippen LogP contribution >= 0.6 is 0 Å². The summed E-state index contributed by atoms with van der Waals surface area (Å²) < 4.78 is 18.8. The van der Waals surface area contributed by atoms with Crippen LogP contribution in [0.15, 0.2) is 36.4 Å². The van der Waals surface area contributed by atoms with Crippen molar-refractivity contribution in [2.45, 2.75) is 26.8 Å². The zero-order valence-electron chi connectivity index (χ0n) is 16.1. The van der Waals surface area contributed by atoms with Gasteiger partial charge in [-0.1, -0.05) is 32.4 Å². The molecule has 0 radical (unpaired) electrons. The smallest absolute Gasteiger partial charge is 0.203 e. The molecular weight excluding hydrogens is 328 g/mol. The molecule has 1 atom stereocenters. The average molecular weight is 354 g/mol. The van der Waals surface area contributed by atoms with Gasteiger partial charge >= 0.3 is 0 Å². The van der Waals surface area contributed by atoms with Crippen LogP contribution in [0.1, 0.15) is 20.3 Å². The van der Waals surface area contributed by atoms with Gasteiger partial charge in [0.25, 0.3) is 0 Å². The molecule has 0 aliphatic heterocycles. The van der Waals surface area contributed by atoms with Crippen molar-refractivity contribution in [1.29, 1.82) is 0 Å². The summed E-state index contributed by atoms with van der Waals surface area (Å²) in [5.41, 5.74) is 3.06. The molecule has 1 aromatic heterocycles. The summed E-state index contributed by atoms with van der Waals surface area (Å²) in [6.45, 7) is 5.37. The van der Waals surface area contributed by atoms with E-state index in [9.17, 15) is 0 Å². The maximum atomic E-state index is 5.52. The lowest BCUT2D eigenvalue weighted by molar-refractivity contribution is 0.324. The normalized spacial score (nSPS) is 12.2. The first-order valence-corrected chi connectivity index (χ1v) is 8.88. The van der Waals surface area contributed by atoms with E-state index in [0.29, 0.717) is 23.2 Å². The van der Waals surface area contributed by atoms with Gasteiger partial charge in [0, 0.05) is 12.1 Å². The molecule has 0 aliphatic rings. The number of hydrogen-bond donors (Lipinski definition) is 0. The topological polar surface area (TPSA) is 45.5 Å². The van der Waals surface area contributed by atoms with Crippen LogP contribution in [0.3, 0.4) is 0 Å². The maximum absolute atomic E-state index is 5.52. The van der Waals surface area contributed by atoms with Gasteiger partial charge in [-0.25, -0.2) is 4.98 Å². The molecule has 0 bridgehead atoms. The van der Waals surface area contributed by atoms with Gasteiger partial charge in [0.05, 0.1) is 32.4 Å². The molecule has 3 rings (SSSR count). The lowest BCUT2D eigenvalue weighted by Gasteiger charge is -2.16. The van der Waals surface area contributed by atoms with Crippen LogP contribution in [0.5, 0.6) is 17.2 Å². The van der Waals surface area contributed by atoms with Gasteiger partial charge in [-0.15, -0.1) is 0 Å². The zero-order chi connectivity index (χ0) is 18.7. The van der Waals surface area contributed by atoms with Crippen molar-refractivity contribution in [2.24, 2.45) is 5.92 Å². The van der Waals surface area contributed by atoms with Crippen LogP contribution in [0.25, 0.3) is 22.4 Å². The van der Waals surface area contributed by atoms with Gasteiger partial charge in [0.15, 0.2) is 11.5 Å². The molecule has 0 aliphatic carbocycles. The molecule has 3 aromatic rings. The number of ether oxygens (including phenoxy) is 3. The van der Waals surface area contributed by atoms with E-state index >= 15 is 0 Å². The minimum absolute atomic E-state index is 0.549. The molecule has 138 valence electrons. The Labute approximate surface area is 154 Å². The molecule has 5 nitrogen and oxygen atoms in total. The number of aromatic nitrogens is 2. The highest BCUT2D eigenvalue weighted by molar-refractivity contribution is 5.81. The molecule has 0 fully saturated rings. The summed E-state index contributed by atoms with van der Waals surface area (Å²) in [7, 11) is 4.87. The number of nitrogens with zero attached hydrogens (tertiary/aromatic N) is 2. The van der Waals surface area contributed by atoms with Crippen molar-refractivity contribution in [3.8, 4) is 28.6 Å². The molecule has 0 saturated carbocycles. The summed E-state index contributed by atoms with van der Waals surface area (Å²) in [5.74, 6) is 3.30. The molecule has 1 unspecified atom stereocenters. The Morgan fingerprint density at radius 1 is 1.00 bits per heavy atom. The van der Waals surface area contributed by atoms with E-state index in [1.165, 1.54) is 0 Å². The van der Waals surface area contributed by atoms with Crippen LogP contribution < -0.4 is 14.2 Å². The van der Waals surface area contributed by atoms with E-state index < -0.39 is 0 Å². The quantitative estimate of drug-likeness (QED) is 0.613. The summed E-state index contributed by atoms with van der Waals surface area (Å²) in [4.78, 5) is 4.89. The van der Waals surface area contributed by atoms with Crippen molar-refractivity contribution >= 4 is 11.0 Å². The Hall–Kier alpha value is -2.69. The maximum Gasteiger partial charge on any atom is 0.203 e. The van der Waals surface area contributed by atoms with Gasteiger partial charge in [-0.3, -0.25) is 0 Å². The van der Waals surface area contributed by atoms with Crippen LogP contribution in [-0.4, -0.2) is 30.9 Å². The Morgan fingerprint density at radius 2 is 1.65 bits per heavy atom. The highest BCUT2D eigenvalue weighted by atomic mass is 16.5. The highest BCUT2D eigenvalue weighted by Gasteiger charge is 2.19. The number of para-hydroxylation sites is 2. The van der Waals surface area contributed by atoms with E-state index in [-0.39, 0.29) is 0 Å². The average Bonchev–Trinajstić information content (AvgIpc) is 3.05. The number of rotatable bonds is 7. The second-order valence-corrected chi connectivity index (χ2v) is 6.46. The number of methoxy groups -OCH3 is 3. The molecule has 26 heavy (non-hydrogen) atoms. The third-order valence-corrected chi connectivity index (χ3v) is 4.77. The molecule has 0 saturated heterocycles. The van der Waals surface area contributed by atoms with Crippen molar-refractivity contribution in [2.75, 3.05) is 21.3 Å². The Bertz CT molecular complexity index is 876. The van der Waals surface area contributed by atoms with E-state index in [0.717, 1.165) is 35.4 Å². The number of imidazole rings is 1. The second-order valence-electron chi connectivity index (χ2n) is 6.46. The first-order chi connectivity index (χ1) is 12.6. The van der Waals surface area contributed by atoms with Crippen LogP contribution in [-0.2, 0) is 6.54 Å². The van der Waals surface area contributed by atoms with Crippen molar-refractivity contribution in [3.63, 3.8) is 0 Å². The fourth-order valence-corrected chi connectivity index (χ4v) is 3.13. The molecule has 1 heterocycles. The third-order valence-electron chi connectivity index (χ3n) is 4.77. The molecule has 0 amide bonds. The highest BCUT2D eigenvalue weighted by Crippen LogP contribution is 2.41. The van der Waals surface area contributed by atoms with E-state index in [2.05, 4.69) is 30.5 Å². The predicted octanol–water partition coefficient (Wildman–Crippen LogP) is 4.78. The van der Waals surface area contributed by atoms with Gasteiger partial charge in [0.1, 0.15) is 5.82 Å². The van der Waals surface area contributed by atoms with Crippen LogP contribution in [0.4, 0.5) is 0 Å². The molecule has 2 aromatic carbocycles. The number of benzene rings is 2.